The number of aryl methyl sites for hydroxylation is 1. The Labute approximate surface area is 153 Å². The maximum Gasteiger partial charge on any atom is 0.434 e. The number of anilines is 1. The SMILES string of the molecule is Cc1ncc(C(C)(O)C(F)(F)F)cc1-c1cnc2c(N)nc(C(F)(F)F)cn12. The fourth-order valence-corrected chi connectivity index (χ4v) is 2.57. The minimum Gasteiger partial charge on any atom is -0.381 e. The van der Waals surface area contributed by atoms with Gasteiger partial charge < -0.3 is 10.8 Å². The highest BCUT2D eigenvalue weighted by atomic mass is 19.4. The lowest BCUT2D eigenvalue weighted by molar-refractivity contribution is -0.259. The van der Waals surface area contributed by atoms with Crippen molar-refractivity contribution in [2.75, 3.05) is 5.73 Å². The lowest BCUT2D eigenvalue weighted by Crippen LogP contribution is -2.39. The summed E-state index contributed by atoms with van der Waals surface area (Å²) in [4.78, 5) is 11.0. The van der Waals surface area contributed by atoms with Crippen LogP contribution < -0.4 is 5.73 Å². The second kappa shape index (κ2) is 6.06. The van der Waals surface area contributed by atoms with Gasteiger partial charge in [-0.05, 0) is 19.9 Å². The molecule has 1 unspecified atom stereocenters. The Balaban J connectivity index is 2.26. The van der Waals surface area contributed by atoms with Crippen LogP contribution in [0.25, 0.3) is 16.9 Å². The molecule has 0 aliphatic rings. The number of aliphatic hydroxyl groups is 1. The molecule has 12 heteroatoms. The number of nitrogen functional groups attached to an aromatic ring is 1. The Bertz CT molecular complexity index is 1050. The summed E-state index contributed by atoms with van der Waals surface area (Å²) < 4.78 is 79.5. The molecule has 0 amide bonds. The normalized spacial score (nSPS) is 15.0. The molecule has 3 aromatic heterocycles. The molecule has 0 aliphatic carbocycles. The fraction of sp³-hybridized carbons (Fsp3) is 0.312. The first-order chi connectivity index (χ1) is 12.7. The van der Waals surface area contributed by atoms with E-state index in [1.165, 1.54) is 6.92 Å². The molecule has 3 heterocycles. The molecular formula is C16H13F6N5O. The fourth-order valence-electron chi connectivity index (χ4n) is 2.57. The largest absolute Gasteiger partial charge is 0.434 e. The zero-order chi connectivity index (χ0) is 21.1. The van der Waals surface area contributed by atoms with Crippen molar-refractivity contribution in [2.45, 2.75) is 31.8 Å². The summed E-state index contributed by atoms with van der Waals surface area (Å²) in [5.74, 6) is -0.495. The number of nitrogens with two attached hydrogens (primary N) is 1. The van der Waals surface area contributed by atoms with Crippen molar-refractivity contribution in [1.29, 1.82) is 0 Å². The third-order valence-electron chi connectivity index (χ3n) is 4.29. The van der Waals surface area contributed by atoms with Crippen molar-refractivity contribution in [3.63, 3.8) is 0 Å². The smallest absolute Gasteiger partial charge is 0.381 e. The second-order valence-electron chi connectivity index (χ2n) is 6.27. The van der Waals surface area contributed by atoms with Gasteiger partial charge in [-0.1, -0.05) is 0 Å². The number of rotatable bonds is 2. The molecule has 3 N–H and O–H groups in total. The molecule has 0 saturated carbocycles. The quantitative estimate of drug-likeness (QED) is 0.638. The van der Waals surface area contributed by atoms with Crippen molar-refractivity contribution >= 4 is 11.5 Å². The lowest BCUT2D eigenvalue weighted by atomic mass is 9.94. The van der Waals surface area contributed by atoms with Crippen LogP contribution in [0.3, 0.4) is 0 Å². The first-order valence-corrected chi connectivity index (χ1v) is 7.71. The van der Waals surface area contributed by atoms with Crippen LogP contribution in [-0.2, 0) is 11.8 Å². The Kier molecular flexibility index (Phi) is 4.30. The van der Waals surface area contributed by atoms with E-state index in [1.54, 1.807) is 0 Å². The van der Waals surface area contributed by atoms with E-state index in [-0.39, 0.29) is 22.6 Å². The van der Waals surface area contributed by atoms with Crippen molar-refractivity contribution in [1.82, 2.24) is 19.4 Å². The highest BCUT2D eigenvalue weighted by Crippen LogP contribution is 2.40. The molecule has 0 saturated heterocycles. The molecule has 0 bridgehead atoms. The predicted molar refractivity (Wildman–Crippen MR) is 86.0 cm³/mol. The van der Waals surface area contributed by atoms with E-state index in [9.17, 15) is 31.4 Å². The molecule has 3 aromatic rings. The van der Waals surface area contributed by atoms with E-state index in [1.807, 2.05) is 0 Å². The zero-order valence-corrected chi connectivity index (χ0v) is 14.4. The van der Waals surface area contributed by atoms with Crippen LogP contribution >= 0.6 is 0 Å². The van der Waals surface area contributed by atoms with Crippen molar-refractivity contribution < 1.29 is 31.4 Å². The van der Waals surface area contributed by atoms with Gasteiger partial charge in [-0.2, -0.15) is 26.3 Å². The molecule has 0 radical (unpaired) electrons. The van der Waals surface area contributed by atoms with Gasteiger partial charge in [0.05, 0.1) is 11.9 Å². The van der Waals surface area contributed by atoms with Gasteiger partial charge in [0.15, 0.2) is 22.8 Å². The van der Waals surface area contributed by atoms with Gasteiger partial charge in [0, 0.05) is 29.2 Å². The number of nitrogens with zero attached hydrogens (tertiary/aromatic N) is 4. The van der Waals surface area contributed by atoms with E-state index < -0.39 is 35.0 Å². The van der Waals surface area contributed by atoms with Gasteiger partial charge in [0.1, 0.15) is 0 Å². The monoisotopic (exact) mass is 405 g/mol. The van der Waals surface area contributed by atoms with Crippen LogP contribution in [0.2, 0.25) is 0 Å². The van der Waals surface area contributed by atoms with E-state index in [0.717, 1.165) is 22.9 Å². The Morgan fingerprint density at radius 1 is 1.07 bits per heavy atom. The summed E-state index contributed by atoms with van der Waals surface area (Å²) in [6, 6.07) is 1.00. The number of pyridine rings is 1. The molecule has 0 fully saturated rings. The molecular weight excluding hydrogens is 392 g/mol. The summed E-state index contributed by atoms with van der Waals surface area (Å²) in [7, 11) is 0. The highest BCUT2D eigenvalue weighted by molar-refractivity contribution is 5.71. The van der Waals surface area contributed by atoms with Crippen LogP contribution in [0.15, 0.2) is 24.7 Å². The summed E-state index contributed by atoms with van der Waals surface area (Å²) in [6.07, 6.45) is -7.14. The summed E-state index contributed by atoms with van der Waals surface area (Å²) in [5.41, 5.74) is 0.643. The maximum atomic E-state index is 13.1. The zero-order valence-electron chi connectivity index (χ0n) is 14.4. The topological polar surface area (TPSA) is 89.3 Å². The minimum absolute atomic E-state index is 0.0134. The van der Waals surface area contributed by atoms with Gasteiger partial charge in [-0.15, -0.1) is 0 Å². The summed E-state index contributed by atoms with van der Waals surface area (Å²) >= 11 is 0. The number of alkyl halides is 6. The molecule has 0 aromatic carbocycles. The van der Waals surface area contributed by atoms with Gasteiger partial charge in [0.2, 0.25) is 0 Å². The minimum atomic E-state index is -4.99. The second-order valence-corrected chi connectivity index (χ2v) is 6.27. The maximum absolute atomic E-state index is 13.1. The first-order valence-electron chi connectivity index (χ1n) is 7.71. The predicted octanol–water partition coefficient (Wildman–Crippen LogP) is 3.47. The first kappa shape index (κ1) is 19.9. The Hall–Kier alpha value is -2.89. The molecule has 6 nitrogen and oxygen atoms in total. The van der Waals surface area contributed by atoms with Crippen molar-refractivity contribution in [2.24, 2.45) is 0 Å². The number of aromatic nitrogens is 4. The Morgan fingerprint density at radius 3 is 2.29 bits per heavy atom. The third-order valence-corrected chi connectivity index (χ3v) is 4.29. The van der Waals surface area contributed by atoms with Gasteiger partial charge in [-0.25, -0.2) is 9.97 Å². The summed E-state index contributed by atoms with van der Waals surface area (Å²) in [6.45, 7) is 2.01. The number of hydrogen-bond donors (Lipinski definition) is 2. The highest BCUT2D eigenvalue weighted by Gasteiger charge is 2.51. The Morgan fingerprint density at radius 2 is 1.71 bits per heavy atom. The van der Waals surface area contributed by atoms with Crippen LogP contribution in [0.4, 0.5) is 32.2 Å². The van der Waals surface area contributed by atoms with Gasteiger partial charge in [-0.3, -0.25) is 9.38 Å². The molecule has 0 aliphatic heterocycles. The number of hydrogen-bond acceptors (Lipinski definition) is 5. The van der Waals surface area contributed by atoms with Crippen molar-refractivity contribution in [3.05, 3.63) is 41.6 Å². The summed E-state index contributed by atoms with van der Waals surface area (Å²) in [5, 5.41) is 9.88. The van der Waals surface area contributed by atoms with E-state index in [0.29, 0.717) is 13.1 Å². The number of imidazole rings is 1. The van der Waals surface area contributed by atoms with E-state index in [4.69, 9.17) is 5.73 Å². The third kappa shape index (κ3) is 3.13. The van der Waals surface area contributed by atoms with E-state index >= 15 is 0 Å². The average Bonchev–Trinajstić information content (AvgIpc) is 2.97. The molecule has 28 heavy (non-hydrogen) atoms. The standard InChI is InChI=1S/C16H13F6N5O/c1-7-9(3-8(4-24-7)14(2,28)16(20,21)22)10-5-25-13-12(23)26-11(6-27(10)13)15(17,18)19/h3-6,28H,1-2H3,(H2,23,26). The van der Waals surface area contributed by atoms with Crippen LogP contribution in [0, 0.1) is 6.92 Å². The van der Waals surface area contributed by atoms with Crippen molar-refractivity contribution in [3.8, 4) is 11.3 Å². The molecule has 150 valence electrons. The molecule has 0 spiro atoms. The number of fused-ring (bicyclic) bond motifs is 1. The van der Waals surface area contributed by atoms with Gasteiger partial charge >= 0.3 is 12.4 Å². The van der Waals surface area contributed by atoms with Crippen LogP contribution in [0.1, 0.15) is 23.9 Å². The molecule has 3 rings (SSSR count). The average molecular weight is 405 g/mol. The van der Waals surface area contributed by atoms with Crippen LogP contribution in [0.5, 0.6) is 0 Å². The van der Waals surface area contributed by atoms with Crippen LogP contribution in [-0.4, -0.2) is 30.6 Å². The van der Waals surface area contributed by atoms with Gasteiger partial charge in [0.25, 0.3) is 0 Å². The van der Waals surface area contributed by atoms with E-state index in [2.05, 4.69) is 15.0 Å². The lowest BCUT2D eigenvalue weighted by Gasteiger charge is -2.27. The number of halogens is 6. The molecule has 1 atom stereocenters.